The molecule has 1 aromatic heterocycles. The third kappa shape index (κ3) is 4.64. The van der Waals surface area contributed by atoms with Crippen LogP contribution in [-0.4, -0.2) is 29.9 Å². The predicted molar refractivity (Wildman–Crippen MR) is 87.5 cm³/mol. The first-order valence-corrected chi connectivity index (χ1v) is 7.18. The average Bonchev–Trinajstić information content (AvgIpc) is 2.59. The number of carbonyl (C=O) groups excluding carboxylic acids is 3. The first-order valence-electron chi connectivity index (χ1n) is 7.18. The van der Waals surface area contributed by atoms with Gasteiger partial charge in [0.15, 0.2) is 0 Å². The Labute approximate surface area is 139 Å². The van der Waals surface area contributed by atoms with Crippen LogP contribution in [0.2, 0.25) is 0 Å². The molecule has 0 atom stereocenters. The molecule has 0 fully saturated rings. The van der Waals surface area contributed by atoms with Crippen LogP contribution in [0, 0.1) is 0 Å². The van der Waals surface area contributed by atoms with Gasteiger partial charge in [-0.25, -0.2) is 4.79 Å². The molecule has 2 aromatic rings. The van der Waals surface area contributed by atoms with Gasteiger partial charge in [-0.1, -0.05) is 0 Å². The molecule has 2 amide bonds. The molecular formula is C17H17N3O4. The Kier molecular flexibility index (Phi) is 5.62. The van der Waals surface area contributed by atoms with Crippen LogP contribution in [0.1, 0.15) is 33.3 Å². The Bertz CT molecular complexity index is 739. The minimum absolute atomic E-state index is 0.173. The van der Waals surface area contributed by atoms with E-state index < -0.39 is 5.97 Å². The zero-order valence-electron chi connectivity index (χ0n) is 13.3. The third-order valence-corrected chi connectivity index (χ3v) is 3.14. The minimum Gasteiger partial charge on any atom is -0.465 e. The highest BCUT2D eigenvalue weighted by Crippen LogP contribution is 2.09. The molecule has 1 heterocycles. The number of rotatable bonds is 5. The molecule has 1 aromatic carbocycles. The Balaban J connectivity index is 1.92. The smallest absolute Gasteiger partial charge is 0.339 e. The van der Waals surface area contributed by atoms with Crippen LogP contribution >= 0.6 is 0 Å². The molecule has 0 aliphatic rings. The Morgan fingerprint density at radius 1 is 1.04 bits per heavy atom. The number of pyridine rings is 1. The van der Waals surface area contributed by atoms with Crippen molar-refractivity contribution in [1.29, 1.82) is 0 Å². The van der Waals surface area contributed by atoms with Gasteiger partial charge in [-0.15, -0.1) is 0 Å². The van der Waals surface area contributed by atoms with Gasteiger partial charge in [0, 0.05) is 24.4 Å². The summed E-state index contributed by atoms with van der Waals surface area (Å²) in [6.45, 7) is 1.65. The summed E-state index contributed by atoms with van der Waals surface area (Å²) in [6.07, 6.45) is 1.40. The highest BCUT2D eigenvalue weighted by atomic mass is 16.5. The monoisotopic (exact) mass is 327 g/mol. The van der Waals surface area contributed by atoms with Crippen molar-refractivity contribution in [2.45, 2.75) is 13.5 Å². The number of methoxy groups -OCH3 is 1. The van der Waals surface area contributed by atoms with Crippen LogP contribution in [0.15, 0.2) is 42.6 Å². The number of hydrogen-bond donors (Lipinski definition) is 2. The number of nitrogens with one attached hydrogen (secondary N) is 2. The third-order valence-electron chi connectivity index (χ3n) is 3.14. The number of hydrogen-bond acceptors (Lipinski definition) is 5. The molecule has 0 radical (unpaired) electrons. The summed E-state index contributed by atoms with van der Waals surface area (Å²) >= 11 is 0. The SMILES string of the molecule is COC(=O)c1ccc(CNC(=O)c2ccc(NC(C)=O)cc2)nc1. The molecule has 124 valence electrons. The van der Waals surface area contributed by atoms with E-state index in [0.29, 0.717) is 22.5 Å². The van der Waals surface area contributed by atoms with E-state index in [1.165, 1.54) is 20.2 Å². The van der Waals surface area contributed by atoms with Crippen LogP contribution in [0.25, 0.3) is 0 Å². The summed E-state index contributed by atoms with van der Waals surface area (Å²) in [5.41, 5.74) is 2.06. The summed E-state index contributed by atoms with van der Waals surface area (Å²) in [7, 11) is 1.30. The largest absolute Gasteiger partial charge is 0.465 e. The lowest BCUT2D eigenvalue weighted by atomic mass is 10.2. The number of carbonyl (C=O) groups is 3. The maximum Gasteiger partial charge on any atom is 0.339 e. The molecule has 0 saturated heterocycles. The van der Waals surface area contributed by atoms with Gasteiger partial charge in [0.1, 0.15) is 0 Å². The Hall–Kier alpha value is -3.22. The molecule has 2 N–H and O–H groups in total. The van der Waals surface area contributed by atoms with Gasteiger partial charge < -0.3 is 15.4 Å². The van der Waals surface area contributed by atoms with Gasteiger partial charge >= 0.3 is 5.97 Å². The summed E-state index contributed by atoms with van der Waals surface area (Å²) in [4.78, 5) is 38.4. The van der Waals surface area contributed by atoms with Gasteiger partial charge in [-0.05, 0) is 36.4 Å². The summed E-state index contributed by atoms with van der Waals surface area (Å²) < 4.78 is 4.59. The number of benzene rings is 1. The minimum atomic E-state index is -0.461. The second-order valence-corrected chi connectivity index (χ2v) is 4.97. The van der Waals surface area contributed by atoms with Gasteiger partial charge in [0.2, 0.25) is 5.91 Å². The fourth-order valence-corrected chi connectivity index (χ4v) is 1.95. The molecule has 7 heteroatoms. The van der Waals surface area contributed by atoms with Crippen LogP contribution in [0.5, 0.6) is 0 Å². The van der Waals surface area contributed by atoms with Crippen molar-refractivity contribution in [3.63, 3.8) is 0 Å². The van der Waals surface area contributed by atoms with E-state index in [-0.39, 0.29) is 18.4 Å². The Morgan fingerprint density at radius 2 is 1.71 bits per heavy atom. The molecule has 7 nitrogen and oxygen atoms in total. The standard InChI is InChI=1S/C17H17N3O4/c1-11(21)20-14-6-3-12(4-7-14)16(22)19-10-15-8-5-13(9-18-15)17(23)24-2/h3-9H,10H2,1-2H3,(H,19,22)(H,20,21). The van der Waals surface area contributed by atoms with Gasteiger partial charge in [-0.3, -0.25) is 14.6 Å². The predicted octanol–water partition coefficient (Wildman–Crippen LogP) is 1.76. The topological polar surface area (TPSA) is 97.4 Å². The van der Waals surface area contributed by atoms with Crippen molar-refractivity contribution in [2.24, 2.45) is 0 Å². The number of esters is 1. The molecule has 0 spiro atoms. The number of ether oxygens (including phenoxy) is 1. The summed E-state index contributed by atoms with van der Waals surface area (Å²) in [6, 6.07) is 9.77. The van der Waals surface area contributed by atoms with Crippen molar-refractivity contribution in [3.8, 4) is 0 Å². The van der Waals surface area contributed by atoms with Gasteiger partial charge in [0.25, 0.3) is 5.91 Å². The fraction of sp³-hybridized carbons (Fsp3) is 0.176. The molecule has 0 unspecified atom stereocenters. The normalized spacial score (nSPS) is 9.92. The molecule has 24 heavy (non-hydrogen) atoms. The number of amides is 2. The van der Waals surface area contributed by atoms with E-state index in [0.717, 1.165) is 0 Å². The second kappa shape index (κ2) is 7.87. The van der Waals surface area contributed by atoms with E-state index in [9.17, 15) is 14.4 Å². The van der Waals surface area contributed by atoms with E-state index in [1.54, 1.807) is 36.4 Å². The van der Waals surface area contributed by atoms with E-state index in [1.807, 2.05) is 0 Å². The second-order valence-electron chi connectivity index (χ2n) is 4.97. The van der Waals surface area contributed by atoms with Crippen LogP contribution < -0.4 is 10.6 Å². The average molecular weight is 327 g/mol. The molecule has 0 bridgehead atoms. The number of aromatic nitrogens is 1. The highest BCUT2D eigenvalue weighted by Gasteiger charge is 2.08. The van der Waals surface area contributed by atoms with Gasteiger partial charge in [-0.2, -0.15) is 0 Å². The maximum absolute atomic E-state index is 12.1. The van der Waals surface area contributed by atoms with Crippen molar-refractivity contribution in [2.75, 3.05) is 12.4 Å². The summed E-state index contributed by atoms with van der Waals surface area (Å²) in [5, 5.41) is 5.36. The lowest BCUT2D eigenvalue weighted by molar-refractivity contribution is -0.114. The quantitative estimate of drug-likeness (QED) is 0.816. The molecule has 2 rings (SSSR count). The van der Waals surface area contributed by atoms with Gasteiger partial charge in [0.05, 0.1) is 24.9 Å². The van der Waals surface area contributed by atoms with Crippen LogP contribution in [0.4, 0.5) is 5.69 Å². The lowest BCUT2D eigenvalue weighted by Crippen LogP contribution is -2.23. The lowest BCUT2D eigenvalue weighted by Gasteiger charge is -2.07. The fourth-order valence-electron chi connectivity index (χ4n) is 1.95. The van der Waals surface area contributed by atoms with Crippen LogP contribution in [0.3, 0.4) is 0 Å². The van der Waals surface area contributed by atoms with Crippen molar-refractivity contribution < 1.29 is 19.1 Å². The molecule has 0 aliphatic carbocycles. The Morgan fingerprint density at radius 3 is 2.25 bits per heavy atom. The van der Waals surface area contributed by atoms with Crippen molar-refractivity contribution >= 4 is 23.5 Å². The number of nitrogens with zero attached hydrogens (tertiary/aromatic N) is 1. The zero-order chi connectivity index (χ0) is 17.5. The zero-order valence-corrected chi connectivity index (χ0v) is 13.3. The van der Waals surface area contributed by atoms with Crippen molar-refractivity contribution in [1.82, 2.24) is 10.3 Å². The molecular weight excluding hydrogens is 310 g/mol. The first kappa shape index (κ1) is 17.1. The maximum atomic E-state index is 12.1. The first-order chi connectivity index (χ1) is 11.5. The number of anilines is 1. The molecule has 0 aliphatic heterocycles. The summed E-state index contributed by atoms with van der Waals surface area (Å²) in [5.74, 6) is -0.894. The van der Waals surface area contributed by atoms with E-state index >= 15 is 0 Å². The highest BCUT2D eigenvalue weighted by molar-refractivity contribution is 5.95. The molecule has 0 saturated carbocycles. The van der Waals surface area contributed by atoms with Crippen LogP contribution in [-0.2, 0) is 16.1 Å². The van der Waals surface area contributed by atoms with E-state index in [2.05, 4.69) is 20.4 Å². The van der Waals surface area contributed by atoms with E-state index in [4.69, 9.17) is 0 Å². The van der Waals surface area contributed by atoms with Crippen molar-refractivity contribution in [3.05, 3.63) is 59.4 Å².